The van der Waals surface area contributed by atoms with Crippen LogP contribution in [0, 0.1) is 0 Å². The second-order valence-corrected chi connectivity index (χ2v) is 17.0. The number of quaternary nitrogens is 4. The van der Waals surface area contributed by atoms with Gasteiger partial charge in [-0.3, -0.25) is 9.59 Å². The summed E-state index contributed by atoms with van der Waals surface area (Å²) in [6.45, 7) is 9.17. The highest BCUT2D eigenvalue weighted by molar-refractivity contribution is 5.69. The molecule has 0 saturated carbocycles. The monoisotopic (exact) mass is 962 g/mol. The van der Waals surface area contributed by atoms with Crippen molar-refractivity contribution in [2.24, 2.45) is 0 Å². The van der Waals surface area contributed by atoms with Gasteiger partial charge in [-0.1, -0.05) is 147 Å². The zero-order chi connectivity index (χ0) is 41.8. The Morgan fingerprint density at radius 3 is 0.969 bits per heavy atom. The van der Waals surface area contributed by atoms with Gasteiger partial charge in [0.05, 0.1) is 0 Å². The molecule has 6 N–H and O–H groups in total. The minimum absolute atomic E-state index is 0. The molecule has 10 nitrogen and oxygen atoms in total. The van der Waals surface area contributed by atoms with Crippen molar-refractivity contribution >= 4 is 11.9 Å². The molecule has 2 saturated heterocycles. The lowest BCUT2D eigenvalue weighted by molar-refractivity contribution is -1.02. The molecule has 14 heteroatoms. The molecule has 4 aromatic rings. The highest BCUT2D eigenvalue weighted by Crippen LogP contribution is 2.20. The van der Waals surface area contributed by atoms with E-state index in [0.29, 0.717) is 38.0 Å². The molecule has 2 aliphatic rings. The predicted octanol–water partition coefficient (Wildman–Crippen LogP) is -10.9. The highest BCUT2D eigenvalue weighted by Gasteiger charge is 2.34. The molecule has 0 bridgehead atoms. The summed E-state index contributed by atoms with van der Waals surface area (Å²) in [4.78, 5) is 30.6. The number of nitrogens with one attached hydrogen (secondary N) is 4. The topological polar surface area (TPSA) is 111 Å². The van der Waals surface area contributed by atoms with Gasteiger partial charge >= 0.3 is 11.9 Å². The normalized spacial score (nSPS) is 19.1. The van der Waals surface area contributed by atoms with Crippen LogP contribution < -0.4 is 69.2 Å². The number of piperazine rings is 2. The first-order valence-electron chi connectivity index (χ1n) is 22.7. The Balaban J connectivity index is 0.00000352. The fourth-order valence-electron chi connectivity index (χ4n) is 9.30. The van der Waals surface area contributed by atoms with Gasteiger partial charge in [-0.25, -0.2) is 0 Å². The van der Waals surface area contributed by atoms with E-state index in [1.165, 1.54) is 32.1 Å². The maximum absolute atomic E-state index is 12.4. The van der Waals surface area contributed by atoms with Crippen LogP contribution in [0.25, 0.3) is 0 Å². The van der Waals surface area contributed by atoms with Crippen molar-refractivity contribution < 1.29 is 98.5 Å². The zero-order valence-corrected chi connectivity index (χ0v) is 40.1. The van der Waals surface area contributed by atoms with Gasteiger partial charge in [0, 0.05) is 35.1 Å². The van der Waals surface area contributed by atoms with E-state index in [0.717, 1.165) is 90.9 Å². The smallest absolute Gasteiger partial charge is 0.305 e. The quantitative estimate of drug-likeness (QED) is 0.0326. The molecule has 2 atom stereocenters. The second kappa shape index (κ2) is 31.6. The van der Waals surface area contributed by atoms with E-state index in [4.69, 9.17) is 9.47 Å². The third-order valence-corrected chi connectivity index (χ3v) is 12.5. The molecular formula is C50H70Cl4N4O6. The van der Waals surface area contributed by atoms with Gasteiger partial charge in [0.2, 0.25) is 0 Å². The number of ether oxygens (including phenoxy) is 2. The first-order chi connectivity index (χ1) is 29.4. The minimum Gasteiger partial charge on any atom is -1.00 e. The summed E-state index contributed by atoms with van der Waals surface area (Å²) in [6.07, 6.45) is 4.74. The molecule has 0 aromatic heterocycles. The van der Waals surface area contributed by atoms with Gasteiger partial charge in [0.1, 0.15) is 103 Å². The second-order valence-electron chi connectivity index (χ2n) is 17.0. The molecule has 354 valence electrons. The number of benzene rings is 4. The summed E-state index contributed by atoms with van der Waals surface area (Å²) in [6, 6.07) is 43.5. The largest absolute Gasteiger partial charge is 1.00 e. The van der Waals surface area contributed by atoms with E-state index >= 15 is 0 Å². The van der Waals surface area contributed by atoms with Crippen molar-refractivity contribution in [2.75, 3.05) is 78.7 Å². The lowest BCUT2D eigenvalue weighted by Gasteiger charge is -2.35. The van der Waals surface area contributed by atoms with Crippen LogP contribution in [0.4, 0.5) is 0 Å². The number of carbonyl (C=O) groups excluding carboxylic acids is 2. The van der Waals surface area contributed by atoms with Crippen LogP contribution in [-0.2, 0) is 19.1 Å². The van der Waals surface area contributed by atoms with Gasteiger partial charge in [0.25, 0.3) is 0 Å². The number of hydrogen-bond acceptors (Lipinski definition) is 6. The molecule has 2 aliphatic heterocycles. The molecule has 0 amide bonds. The first kappa shape index (κ1) is 56.9. The summed E-state index contributed by atoms with van der Waals surface area (Å²) in [5.74, 6) is -0.497. The third-order valence-electron chi connectivity index (χ3n) is 12.5. The highest BCUT2D eigenvalue weighted by atomic mass is 35.5. The number of aliphatic hydroxyl groups excluding tert-OH is 2. The number of esters is 2. The molecule has 2 heterocycles. The van der Waals surface area contributed by atoms with Crippen LogP contribution in [0.15, 0.2) is 121 Å². The van der Waals surface area contributed by atoms with E-state index in [2.05, 4.69) is 121 Å². The van der Waals surface area contributed by atoms with Crippen LogP contribution in [-0.4, -0.2) is 113 Å². The number of unbranched alkanes of at least 4 members (excludes halogenated alkanes) is 5. The summed E-state index contributed by atoms with van der Waals surface area (Å²) >= 11 is 0. The molecular weight excluding hydrogens is 894 g/mol. The van der Waals surface area contributed by atoms with E-state index in [9.17, 15) is 19.8 Å². The van der Waals surface area contributed by atoms with E-state index in [1.807, 2.05) is 0 Å². The van der Waals surface area contributed by atoms with Gasteiger partial charge in [-0.2, -0.15) is 0 Å². The van der Waals surface area contributed by atoms with Crippen LogP contribution in [0.2, 0.25) is 0 Å². The number of carbonyl (C=O) groups is 2. The van der Waals surface area contributed by atoms with Gasteiger partial charge in [-0.05, 0) is 12.8 Å². The maximum atomic E-state index is 12.4. The van der Waals surface area contributed by atoms with Crippen LogP contribution in [0.1, 0.15) is 85.7 Å². The molecule has 0 radical (unpaired) electrons. The Hall–Kier alpha value is -3.26. The molecule has 64 heavy (non-hydrogen) atoms. The summed E-state index contributed by atoms with van der Waals surface area (Å²) < 4.78 is 10.9. The molecule has 4 aromatic carbocycles. The fourth-order valence-corrected chi connectivity index (χ4v) is 9.30. The van der Waals surface area contributed by atoms with E-state index < -0.39 is 12.2 Å². The molecule has 0 spiro atoms. The lowest BCUT2D eigenvalue weighted by atomic mass is 9.96. The molecule has 0 aliphatic carbocycles. The van der Waals surface area contributed by atoms with Crippen LogP contribution in [0.3, 0.4) is 0 Å². The summed E-state index contributed by atoms with van der Waals surface area (Å²) in [5, 5.41) is 21.3. The van der Waals surface area contributed by atoms with Crippen molar-refractivity contribution in [1.29, 1.82) is 0 Å². The minimum atomic E-state index is -0.665. The third kappa shape index (κ3) is 18.9. The van der Waals surface area contributed by atoms with Crippen molar-refractivity contribution in [1.82, 2.24) is 0 Å². The number of halogens is 4. The van der Waals surface area contributed by atoms with Crippen molar-refractivity contribution in [3.63, 3.8) is 0 Å². The number of aliphatic hydroxyl groups is 2. The standard InChI is InChI=1S/C50H66N4O6.4ClH/c55-45(37-51-29-33-53(34-30-51)49(41-19-9-5-10-20-41)42-21-11-6-12-22-42)39-59-47(57)27-17-3-1-2-4-18-28-48(58)60-40-46(56)38-52-31-35-54(36-32-52)50(43-23-13-7-14-24-43)44-25-15-8-16-26-44;;;;/h5-16,19-26,45-46,49-50,55-56H,1-4,17-18,27-40H2;4*1H. The average Bonchev–Trinajstić information content (AvgIpc) is 3.29. The van der Waals surface area contributed by atoms with Crippen molar-refractivity contribution in [3.8, 4) is 0 Å². The SMILES string of the molecule is O=C(CCCCCCCCC(=O)OCC(O)C[NH+]1CC[NH+](C(c2ccccc2)c2ccccc2)CC1)OCC(O)C[NH+]1CC[NH+](C(c2ccccc2)c2ccccc2)CC1.[Cl-].[Cl-].[Cl-].[Cl-]. The van der Waals surface area contributed by atoms with Crippen LogP contribution >= 0.6 is 0 Å². The summed E-state index contributed by atoms with van der Waals surface area (Å²) in [7, 11) is 0. The Labute approximate surface area is 406 Å². The number of hydrogen-bond donors (Lipinski definition) is 6. The Bertz CT molecular complexity index is 1600. The van der Waals surface area contributed by atoms with Gasteiger partial charge in [0.15, 0.2) is 0 Å². The van der Waals surface area contributed by atoms with Crippen LogP contribution in [0.5, 0.6) is 0 Å². The Morgan fingerprint density at radius 2 is 0.688 bits per heavy atom. The average molecular weight is 965 g/mol. The predicted molar refractivity (Wildman–Crippen MR) is 233 cm³/mol. The number of rotatable bonds is 23. The van der Waals surface area contributed by atoms with E-state index in [1.54, 1.807) is 9.80 Å². The lowest BCUT2D eigenvalue weighted by Crippen LogP contribution is -3.28. The Kier molecular flexibility index (Phi) is 28.1. The maximum Gasteiger partial charge on any atom is 0.305 e. The van der Waals surface area contributed by atoms with E-state index in [-0.39, 0.29) is 74.8 Å². The fraction of sp³-hybridized carbons (Fsp3) is 0.480. The van der Waals surface area contributed by atoms with Crippen molar-refractivity contribution in [2.45, 2.75) is 75.7 Å². The Morgan fingerprint density at radius 1 is 0.422 bits per heavy atom. The molecule has 2 fully saturated rings. The summed E-state index contributed by atoms with van der Waals surface area (Å²) in [5.41, 5.74) is 5.31. The van der Waals surface area contributed by atoms with Crippen molar-refractivity contribution in [3.05, 3.63) is 144 Å². The zero-order valence-electron chi connectivity index (χ0n) is 37.0. The molecule has 6 rings (SSSR count). The van der Waals surface area contributed by atoms with Gasteiger partial charge < -0.3 is 88.9 Å². The van der Waals surface area contributed by atoms with Gasteiger partial charge in [-0.15, -0.1) is 0 Å². The molecule has 2 unspecified atom stereocenters. The first-order valence-corrected chi connectivity index (χ1v) is 22.7.